The summed E-state index contributed by atoms with van der Waals surface area (Å²) in [7, 11) is 0. The molecule has 3 heteroatoms. The molecule has 1 aromatic heterocycles. The number of nitrogens with two attached hydrogens (primary N) is 1. The molecule has 90 valence electrons. The van der Waals surface area contributed by atoms with Crippen LogP contribution < -0.4 is 5.73 Å². The normalized spacial score (nSPS) is 10.9. The van der Waals surface area contributed by atoms with E-state index in [9.17, 15) is 0 Å². The van der Waals surface area contributed by atoms with E-state index in [4.69, 9.17) is 5.73 Å². The van der Waals surface area contributed by atoms with Gasteiger partial charge in [0.2, 0.25) is 0 Å². The summed E-state index contributed by atoms with van der Waals surface area (Å²) in [5.41, 5.74) is 12.8. The summed E-state index contributed by atoms with van der Waals surface area (Å²) in [6.07, 6.45) is 0. The highest BCUT2D eigenvalue weighted by atomic mass is 15.0. The maximum Gasteiger partial charge on any atom is 0.120 e. The highest BCUT2D eigenvalue weighted by molar-refractivity contribution is 5.70. The first-order valence-corrected chi connectivity index (χ1v) is 5.86. The van der Waals surface area contributed by atoms with Gasteiger partial charge in [-0.15, -0.1) is 0 Å². The zero-order chi connectivity index (χ0) is 12.6. The summed E-state index contributed by atoms with van der Waals surface area (Å²) in [5.74, 6) is 0.844. The topological polar surface area (TPSA) is 54.7 Å². The van der Waals surface area contributed by atoms with E-state index in [2.05, 4.69) is 42.9 Å². The maximum absolute atomic E-state index is 5.62. The summed E-state index contributed by atoms with van der Waals surface area (Å²) in [4.78, 5) is 7.80. The number of hydrogen-bond donors (Lipinski definition) is 2. The monoisotopic (exact) mass is 229 g/mol. The van der Waals surface area contributed by atoms with E-state index >= 15 is 0 Å². The molecule has 0 aliphatic carbocycles. The molecule has 0 amide bonds. The summed E-state index contributed by atoms with van der Waals surface area (Å²) < 4.78 is 0. The zero-order valence-electron chi connectivity index (χ0n) is 10.9. The maximum atomic E-state index is 5.62. The van der Waals surface area contributed by atoms with Crippen molar-refractivity contribution in [2.45, 2.75) is 34.2 Å². The van der Waals surface area contributed by atoms with Crippen LogP contribution in [0.15, 0.2) is 12.1 Å². The summed E-state index contributed by atoms with van der Waals surface area (Å²) in [6, 6.07) is 4.39. The first-order chi connectivity index (χ1) is 8.02. The third-order valence-electron chi connectivity index (χ3n) is 3.04. The van der Waals surface area contributed by atoms with Gasteiger partial charge >= 0.3 is 0 Å². The molecule has 0 bridgehead atoms. The first kappa shape index (κ1) is 11.9. The minimum atomic E-state index is 0.449. The number of aryl methyl sites for hydroxylation is 4. The van der Waals surface area contributed by atoms with E-state index in [1.54, 1.807) is 0 Å². The lowest BCUT2D eigenvalue weighted by Crippen LogP contribution is -1.98. The zero-order valence-corrected chi connectivity index (χ0v) is 10.9. The lowest BCUT2D eigenvalue weighted by atomic mass is 9.96. The molecule has 1 heterocycles. The molecule has 1 aromatic carbocycles. The second-order valence-corrected chi connectivity index (χ2v) is 4.63. The van der Waals surface area contributed by atoms with Crippen LogP contribution in [0.2, 0.25) is 0 Å². The molecule has 0 saturated carbocycles. The van der Waals surface area contributed by atoms with Gasteiger partial charge in [-0.1, -0.05) is 17.7 Å². The van der Waals surface area contributed by atoms with E-state index in [0.29, 0.717) is 6.54 Å². The number of rotatable bonds is 2. The number of H-pyrrole nitrogens is 1. The van der Waals surface area contributed by atoms with E-state index in [1.807, 2.05) is 6.92 Å². The Hall–Kier alpha value is -1.61. The Balaban J connectivity index is 2.63. The Morgan fingerprint density at radius 1 is 1.12 bits per heavy atom. The molecule has 0 aliphatic rings. The molecule has 17 heavy (non-hydrogen) atoms. The van der Waals surface area contributed by atoms with Crippen molar-refractivity contribution < 1.29 is 0 Å². The van der Waals surface area contributed by atoms with Gasteiger partial charge in [-0.25, -0.2) is 4.98 Å². The molecular formula is C14H19N3. The predicted molar refractivity (Wildman–Crippen MR) is 70.9 cm³/mol. The minimum Gasteiger partial charge on any atom is -0.344 e. The molecule has 3 nitrogen and oxygen atoms in total. The van der Waals surface area contributed by atoms with E-state index in [0.717, 1.165) is 17.2 Å². The van der Waals surface area contributed by atoms with Crippen LogP contribution in [0.1, 0.15) is 28.2 Å². The molecular weight excluding hydrogens is 210 g/mol. The lowest BCUT2D eigenvalue weighted by molar-refractivity contribution is 0.944. The van der Waals surface area contributed by atoms with Crippen molar-refractivity contribution in [3.8, 4) is 11.3 Å². The molecule has 3 N–H and O–H groups in total. The molecule has 0 unspecified atom stereocenters. The van der Waals surface area contributed by atoms with Gasteiger partial charge in [0, 0.05) is 11.3 Å². The third kappa shape index (κ3) is 2.11. The minimum absolute atomic E-state index is 0.449. The SMILES string of the molecule is Cc1cc(C)c(-c2nc(CN)[nH]c2C)c(C)c1. The first-order valence-electron chi connectivity index (χ1n) is 5.86. The van der Waals surface area contributed by atoms with Gasteiger partial charge in [0.1, 0.15) is 5.82 Å². The fourth-order valence-electron chi connectivity index (χ4n) is 2.42. The van der Waals surface area contributed by atoms with Crippen molar-refractivity contribution in [2.24, 2.45) is 5.73 Å². The Bertz CT molecular complexity index is 530. The quantitative estimate of drug-likeness (QED) is 0.832. The Kier molecular flexibility index (Phi) is 3.03. The standard InChI is InChI=1S/C14H19N3/c1-8-5-9(2)13(10(3)6-8)14-11(4)16-12(7-15)17-14/h5-6H,7,15H2,1-4H3,(H,16,17). The summed E-state index contributed by atoms with van der Waals surface area (Å²) in [5, 5.41) is 0. The van der Waals surface area contributed by atoms with Crippen LogP contribution in [-0.2, 0) is 6.54 Å². The van der Waals surface area contributed by atoms with Crippen molar-refractivity contribution in [1.29, 1.82) is 0 Å². The highest BCUT2D eigenvalue weighted by Gasteiger charge is 2.13. The Labute approximate surface area is 102 Å². The fourth-order valence-corrected chi connectivity index (χ4v) is 2.42. The molecule has 0 spiro atoms. The fraction of sp³-hybridized carbons (Fsp3) is 0.357. The van der Waals surface area contributed by atoms with Crippen LogP contribution in [0, 0.1) is 27.7 Å². The van der Waals surface area contributed by atoms with E-state index < -0.39 is 0 Å². The van der Waals surface area contributed by atoms with Gasteiger partial charge in [-0.2, -0.15) is 0 Å². The van der Waals surface area contributed by atoms with E-state index in [-0.39, 0.29) is 0 Å². The summed E-state index contributed by atoms with van der Waals surface area (Å²) >= 11 is 0. The number of aromatic nitrogens is 2. The second-order valence-electron chi connectivity index (χ2n) is 4.63. The summed E-state index contributed by atoms with van der Waals surface area (Å²) in [6.45, 7) is 8.87. The lowest BCUT2D eigenvalue weighted by Gasteiger charge is -2.09. The number of benzene rings is 1. The second kappa shape index (κ2) is 4.34. The highest BCUT2D eigenvalue weighted by Crippen LogP contribution is 2.29. The van der Waals surface area contributed by atoms with Crippen molar-refractivity contribution in [3.63, 3.8) is 0 Å². The number of imidazole rings is 1. The van der Waals surface area contributed by atoms with Crippen LogP contribution in [-0.4, -0.2) is 9.97 Å². The molecule has 0 atom stereocenters. The molecule has 0 fully saturated rings. The average Bonchev–Trinajstić information content (AvgIpc) is 2.59. The average molecular weight is 229 g/mol. The molecule has 0 saturated heterocycles. The van der Waals surface area contributed by atoms with Crippen molar-refractivity contribution >= 4 is 0 Å². The molecule has 2 rings (SSSR count). The van der Waals surface area contributed by atoms with Gasteiger partial charge in [0.15, 0.2) is 0 Å². The largest absolute Gasteiger partial charge is 0.344 e. The molecule has 0 radical (unpaired) electrons. The van der Waals surface area contributed by atoms with Crippen molar-refractivity contribution in [1.82, 2.24) is 9.97 Å². The van der Waals surface area contributed by atoms with Crippen LogP contribution >= 0.6 is 0 Å². The van der Waals surface area contributed by atoms with Crippen LogP contribution in [0.5, 0.6) is 0 Å². The van der Waals surface area contributed by atoms with Gasteiger partial charge < -0.3 is 10.7 Å². The van der Waals surface area contributed by atoms with E-state index in [1.165, 1.54) is 22.3 Å². The number of nitrogens with zero attached hydrogens (tertiary/aromatic N) is 1. The predicted octanol–water partition coefficient (Wildman–Crippen LogP) is 2.77. The van der Waals surface area contributed by atoms with Crippen LogP contribution in [0.25, 0.3) is 11.3 Å². The van der Waals surface area contributed by atoms with Crippen LogP contribution in [0.3, 0.4) is 0 Å². The molecule has 0 aliphatic heterocycles. The van der Waals surface area contributed by atoms with Gasteiger partial charge in [-0.3, -0.25) is 0 Å². The van der Waals surface area contributed by atoms with Crippen molar-refractivity contribution in [2.75, 3.05) is 0 Å². The number of aromatic amines is 1. The molecule has 2 aromatic rings. The number of nitrogens with one attached hydrogen (secondary N) is 1. The third-order valence-corrected chi connectivity index (χ3v) is 3.04. The Morgan fingerprint density at radius 3 is 2.18 bits per heavy atom. The van der Waals surface area contributed by atoms with Gasteiger partial charge in [-0.05, 0) is 38.8 Å². The van der Waals surface area contributed by atoms with Crippen molar-refractivity contribution in [3.05, 3.63) is 40.3 Å². The Morgan fingerprint density at radius 2 is 1.71 bits per heavy atom. The smallest absolute Gasteiger partial charge is 0.120 e. The van der Waals surface area contributed by atoms with Gasteiger partial charge in [0.25, 0.3) is 0 Å². The van der Waals surface area contributed by atoms with Crippen LogP contribution in [0.4, 0.5) is 0 Å². The number of hydrogen-bond acceptors (Lipinski definition) is 2. The van der Waals surface area contributed by atoms with Gasteiger partial charge in [0.05, 0.1) is 12.2 Å².